The van der Waals surface area contributed by atoms with Crippen LogP contribution in [0.3, 0.4) is 0 Å². The van der Waals surface area contributed by atoms with Gasteiger partial charge in [0.1, 0.15) is 0 Å². The Kier molecular flexibility index (Phi) is 11.2. The molecule has 4 rings (SSSR count). The topological polar surface area (TPSA) is 117 Å². The first-order valence-electron chi connectivity index (χ1n) is 16.3. The number of rotatable bonds is 15. The molecule has 3 unspecified atom stereocenters. The summed E-state index contributed by atoms with van der Waals surface area (Å²) in [6, 6.07) is 0.697. The molecule has 0 amide bonds. The van der Waals surface area contributed by atoms with Crippen molar-refractivity contribution in [2.45, 2.75) is 117 Å². The van der Waals surface area contributed by atoms with Crippen LogP contribution in [0.25, 0.3) is 0 Å². The Balaban J connectivity index is 1.25. The first kappa shape index (κ1) is 31.7. The van der Waals surface area contributed by atoms with E-state index in [4.69, 9.17) is 5.73 Å². The lowest BCUT2D eigenvalue weighted by Crippen LogP contribution is -2.55. The van der Waals surface area contributed by atoms with E-state index in [1.807, 2.05) is 0 Å². The standard InChI is InChI=1S/C31H59N3O4S/c1-23(8-6-21-38-39(35,36)37)27-11-12-28-26-10-9-24-22-25(34-20-7-19-33-18-5-4-17-32)13-15-30(24,2)29(26)14-16-31(27,28)3/h23-29,33-34H,4-22,32H2,1-3H3,(H,35,36,37)/p-1/t23-,24+,25+,26?,27-,28?,29?,30+,31-/m1/s1. The lowest BCUT2D eigenvalue weighted by Gasteiger charge is -2.61. The van der Waals surface area contributed by atoms with Crippen LogP contribution in [0.4, 0.5) is 0 Å². The van der Waals surface area contributed by atoms with Crippen LogP contribution >= 0.6 is 0 Å². The maximum atomic E-state index is 10.8. The van der Waals surface area contributed by atoms with Crippen LogP contribution < -0.4 is 16.4 Å². The van der Waals surface area contributed by atoms with Gasteiger partial charge in [0.15, 0.2) is 0 Å². The van der Waals surface area contributed by atoms with Gasteiger partial charge in [-0.25, -0.2) is 8.42 Å². The Labute approximate surface area is 239 Å². The van der Waals surface area contributed by atoms with E-state index in [1.165, 1.54) is 70.6 Å². The fourth-order valence-corrected chi connectivity index (χ4v) is 10.5. The molecule has 4 N–H and O–H groups in total. The molecule has 9 atom stereocenters. The number of fused-ring (bicyclic) bond motifs is 5. The minimum atomic E-state index is -4.58. The largest absolute Gasteiger partial charge is 0.726 e. The van der Waals surface area contributed by atoms with Crippen LogP contribution in [0.1, 0.15) is 111 Å². The SMILES string of the molecule is C[C@H](CCCOS(=O)(=O)[O-])[C@H]1CCC2C3CC[C@H]4C[C@@H](NCCCNCCCCN)CC[C@]4(C)C3CC[C@@]21C. The Morgan fingerprint density at radius 3 is 2.44 bits per heavy atom. The first-order valence-corrected chi connectivity index (χ1v) is 17.7. The summed E-state index contributed by atoms with van der Waals surface area (Å²) in [7, 11) is -4.58. The predicted molar refractivity (Wildman–Crippen MR) is 157 cm³/mol. The third kappa shape index (κ3) is 7.59. The third-order valence-electron chi connectivity index (χ3n) is 12.2. The molecule has 0 bridgehead atoms. The van der Waals surface area contributed by atoms with E-state index in [0.29, 0.717) is 35.1 Å². The fourth-order valence-electron chi connectivity index (χ4n) is 10.2. The number of unbranched alkanes of at least 4 members (excludes halogenated alkanes) is 1. The van der Waals surface area contributed by atoms with Crippen molar-refractivity contribution in [1.29, 1.82) is 0 Å². The van der Waals surface area contributed by atoms with Crippen LogP contribution in [-0.4, -0.2) is 51.8 Å². The van der Waals surface area contributed by atoms with Gasteiger partial charge in [-0.15, -0.1) is 0 Å². The molecule has 0 aromatic carbocycles. The summed E-state index contributed by atoms with van der Waals surface area (Å²) in [6.45, 7) is 11.7. The highest BCUT2D eigenvalue weighted by Gasteiger charge is 2.60. The van der Waals surface area contributed by atoms with Gasteiger partial charge < -0.3 is 20.9 Å². The number of hydrogen-bond donors (Lipinski definition) is 3. The highest BCUT2D eigenvalue weighted by Crippen LogP contribution is 2.68. The summed E-state index contributed by atoms with van der Waals surface area (Å²) in [6.07, 6.45) is 17.4. The average Bonchev–Trinajstić information content (AvgIpc) is 3.25. The van der Waals surface area contributed by atoms with Crippen LogP contribution in [0, 0.1) is 46.3 Å². The van der Waals surface area contributed by atoms with E-state index in [1.54, 1.807) is 0 Å². The van der Waals surface area contributed by atoms with E-state index in [-0.39, 0.29) is 6.61 Å². The van der Waals surface area contributed by atoms with Crippen LogP contribution in [-0.2, 0) is 14.6 Å². The van der Waals surface area contributed by atoms with Crippen molar-refractivity contribution >= 4 is 10.4 Å². The summed E-state index contributed by atoms with van der Waals surface area (Å²) >= 11 is 0. The molecular weight excluding hydrogens is 510 g/mol. The van der Waals surface area contributed by atoms with Crippen molar-refractivity contribution in [1.82, 2.24) is 10.6 Å². The fraction of sp³-hybridized carbons (Fsp3) is 1.00. The molecule has 0 saturated heterocycles. The summed E-state index contributed by atoms with van der Waals surface area (Å²) in [4.78, 5) is 0. The second-order valence-corrected chi connectivity index (χ2v) is 15.3. The number of nitrogens with two attached hydrogens (primary N) is 1. The zero-order chi connectivity index (χ0) is 28.1. The minimum Gasteiger partial charge on any atom is -0.726 e. The summed E-state index contributed by atoms with van der Waals surface area (Å²) in [5.41, 5.74) is 6.50. The highest BCUT2D eigenvalue weighted by molar-refractivity contribution is 7.80. The van der Waals surface area contributed by atoms with Crippen LogP contribution in [0.2, 0.25) is 0 Å². The summed E-state index contributed by atoms with van der Waals surface area (Å²) < 4.78 is 36.8. The Hall–Kier alpha value is -0.250. The van der Waals surface area contributed by atoms with Gasteiger partial charge in [0.25, 0.3) is 0 Å². The van der Waals surface area contributed by atoms with Gasteiger partial charge in [-0.05, 0) is 162 Å². The van der Waals surface area contributed by atoms with E-state index >= 15 is 0 Å². The van der Waals surface area contributed by atoms with Crippen molar-refractivity contribution in [2.75, 3.05) is 32.8 Å². The third-order valence-corrected chi connectivity index (χ3v) is 12.7. The first-order chi connectivity index (χ1) is 18.6. The molecule has 0 aliphatic heterocycles. The Morgan fingerprint density at radius 2 is 1.67 bits per heavy atom. The summed E-state index contributed by atoms with van der Waals surface area (Å²) in [5, 5.41) is 7.47. The molecule has 4 saturated carbocycles. The molecule has 4 aliphatic carbocycles. The van der Waals surface area contributed by atoms with Gasteiger partial charge in [-0.2, -0.15) is 0 Å². The van der Waals surface area contributed by atoms with Crippen molar-refractivity contribution in [3.8, 4) is 0 Å². The minimum absolute atomic E-state index is 0.0233. The lowest BCUT2D eigenvalue weighted by atomic mass is 9.44. The molecule has 8 heteroatoms. The molecule has 0 spiro atoms. The Morgan fingerprint density at radius 1 is 0.923 bits per heavy atom. The van der Waals surface area contributed by atoms with Gasteiger partial charge in [-0.3, -0.25) is 4.18 Å². The number of nitrogens with one attached hydrogen (secondary N) is 2. The quantitative estimate of drug-likeness (QED) is 0.141. The zero-order valence-corrected chi connectivity index (χ0v) is 25.9. The molecule has 228 valence electrons. The molecule has 0 aromatic heterocycles. The van der Waals surface area contributed by atoms with Gasteiger partial charge >= 0.3 is 0 Å². The molecule has 4 aliphatic rings. The van der Waals surface area contributed by atoms with E-state index in [9.17, 15) is 13.0 Å². The molecule has 4 fully saturated rings. The maximum Gasteiger partial charge on any atom is 0.217 e. The smallest absolute Gasteiger partial charge is 0.217 e. The maximum absolute atomic E-state index is 10.8. The highest BCUT2D eigenvalue weighted by atomic mass is 32.3. The average molecular weight is 569 g/mol. The zero-order valence-electron chi connectivity index (χ0n) is 25.1. The van der Waals surface area contributed by atoms with Crippen molar-refractivity contribution in [2.24, 2.45) is 52.1 Å². The Bertz CT molecular complexity index is 872. The molecule has 0 aromatic rings. The van der Waals surface area contributed by atoms with Gasteiger partial charge in [0.2, 0.25) is 10.4 Å². The molecular formula is C31H58N3O4S-. The van der Waals surface area contributed by atoms with Gasteiger partial charge in [0.05, 0.1) is 6.61 Å². The van der Waals surface area contributed by atoms with Crippen LogP contribution in [0.5, 0.6) is 0 Å². The predicted octanol–water partition coefficient (Wildman–Crippen LogP) is 5.22. The number of hydrogen-bond acceptors (Lipinski definition) is 7. The van der Waals surface area contributed by atoms with Gasteiger partial charge in [-0.1, -0.05) is 20.8 Å². The second-order valence-electron chi connectivity index (χ2n) is 14.3. The van der Waals surface area contributed by atoms with Crippen molar-refractivity contribution in [3.05, 3.63) is 0 Å². The molecule has 39 heavy (non-hydrogen) atoms. The molecule has 7 nitrogen and oxygen atoms in total. The van der Waals surface area contributed by atoms with E-state index < -0.39 is 10.4 Å². The second kappa shape index (κ2) is 13.8. The molecule has 0 heterocycles. The van der Waals surface area contributed by atoms with Crippen molar-refractivity contribution < 1.29 is 17.2 Å². The molecule has 0 radical (unpaired) electrons. The lowest BCUT2D eigenvalue weighted by molar-refractivity contribution is -0.118. The van der Waals surface area contributed by atoms with E-state index in [0.717, 1.165) is 62.7 Å². The van der Waals surface area contributed by atoms with E-state index in [2.05, 4.69) is 35.6 Å². The summed E-state index contributed by atoms with van der Waals surface area (Å²) in [5.74, 6) is 4.73. The monoisotopic (exact) mass is 568 g/mol. The normalized spacial score (nSPS) is 39.1. The van der Waals surface area contributed by atoms with Crippen LogP contribution in [0.15, 0.2) is 0 Å². The van der Waals surface area contributed by atoms with Crippen molar-refractivity contribution in [3.63, 3.8) is 0 Å². The van der Waals surface area contributed by atoms with Gasteiger partial charge in [0, 0.05) is 6.04 Å².